The minimum atomic E-state index is -1.09. The Morgan fingerprint density at radius 3 is 2.68 bits per heavy atom. The number of ether oxygens (including phenoxy) is 1. The second-order valence-corrected chi connectivity index (χ2v) is 8.30. The standard InChI is InChI=1S/C21H24N2O4S/c1-14(27-18(24)12-6-8-15-9-7-13-28-15)19(25)23-17-11-5-4-10-16(17)22-20(26)21(23,2)3/h4-5,7,9-11,13-14H,6,8,12H2,1-3H3,(H,22,26)/t14-/m1/s1. The van der Waals surface area contributed by atoms with Gasteiger partial charge in [0.1, 0.15) is 5.54 Å². The number of esters is 1. The van der Waals surface area contributed by atoms with E-state index in [0.29, 0.717) is 17.8 Å². The summed E-state index contributed by atoms with van der Waals surface area (Å²) < 4.78 is 5.37. The molecule has 2 amide bonds. The molecular formula is C21H24N2O4S. The van der Waals surface area contributed by atoms with Crippen LogP contribution in [0.15, 0.2) is 41.8 Å². The fraction of sp³-hybridized carbons (Fsp3) is 0.381. The highest BCUT2D eigenvalue weighted by Crippen LogP contribution is 2.37. The van der Waals surface area contributed by atoms with Gasteiger partial charge in [0.05, 0.1) is 11.4 Å². The van der Waals surface area contributed by atoms with Crippen molar-refractivity contribution < 1.29 is 19.1 Å². The molecule has 7 heteroatoms. The zero-order chi connectivity index (χ0) is 20.3. The molecule has 1 aliphatic heterocycles. The highest BCUT2D eigenvalue weighted by atomic mass is 32.1. The third-order valence-electron chi connectivity index (χ3n) is 4.77. The van der Waals surface area contributed by atoms with Gasteiger partial charge >= 0.3 is 5.97 Å². The van der Waals surface area contributed by atoms with Crippen molar-refractivity contribution in [3.8, 4) is 0 Å². The first kappa shape index (κ1) is 20.1. The lowest BCUT2D eigenvalue weighted by molar-refractivity contribution is -0.154. The van der Waals surface area contributed by atoms with Crippen LogP contribution in [0, 0.1) is 0 Å². The molecule has 1 aromatic heterocycles. The van der Waals surface area contributed by atoms with Crippen LogP contribution in [0.25, 0.3) is 0 Å². The molecule has 6 nitrogen and oxygen atoms in total. The lowest BCUT2D eigenvalue weighted by atomic mass is 9.95. The van der Waals surface area contributed by atoms with Crippen molar-refractivity contribution >= 4 is 40.5 Å². The molecule has 0 aliphatic carbocycles. The number of thiophene rings is 1. The van der Waals surface area contributed by atoms with E-state index in [1.54, 1.807) is 56.4 Å². The third-order valence-corrected chi connectivity index (χ3v) is 5.70. The number of para-hydroxylation sites is 2. The first-order valence-electron chi connectivity index (χ1n) is 9.27. The molecule has 0 radical (unpaired) electrons. The number of hydrogen-bond acceptors (Lipinski definition) is 5. The summed E-state index contributed by atoms with van der Waals surface area (Å²) in [5.74, 6) is -1.11. The van der Waals surface area contributed by atoms with Gasteiger partial charge in [-0.3, -0.25) is 19.3 Å². The Labute approximate surface area is 168 Å². The lowest BCUT2D eigenvalue weighted by Crippen LogP contribution is -2.60. The Morgan fingerprint density at radius 1 is 1.21 bits per heavy atom. The number of nitrogens with one attached hydrogen (secondary N) is 1. The van der Waals surface area contributed by atoms with Gasteiger partial charge in [-0.15, -0.1) is 11.3 Å². The van der Waals surface area contributed by atoms with E-state index in [2.05, 4.69) is 5.32 Å². The van der Waals surface area contributed by atoms with Gasteiger partial charge in [-0.05, 0) is 57.2 Å². The Hall–Kier alpha value is -2.67. The fourth-order valence-corrected chi connectivity index (χ4v) is 3.95. The number of benzene rings is 1. The van der Waals surface area contributed by atoms with E-state index in [1.165, 1.54) is 9.78 Å². The number of hydrogen-bond donors (Lipinski definition) is 1. The van der Waals surface area contributed by atoms with E-state index >= 15 is 0 Å². The van der Waals surface area contributed by atoms with Crippen LogP contribution in [-0.2, 0) is 25.5 Å². The molecule has 0 unspecified atom stereocenters. The number of fused-ring (bicyclic) bond motifs is 1. The normalized spacial score (nSPS) is 16.1. The largest absolute Gasteiger partial charge is 0.453 e. The quantitative estimate of drug-likeness (QED) is 0.749. The summed E-state index contributed by atoms with van der Waals surface area (Å²) in [5, 5.41) is 4.82. The van der Waals surface area contributed by atoms with Crippen LogP contribution in [-0.4, -0.2) is 29.4 Å². The van der Waals surface area contributed by atoms with E-state index in [4.69, 9.17) is 4.74 Å². The van der Waals surface area contributed by atoms with Crippen molar-refractivity contribution in [3.05, 3.63) is 46.7 Å². The van der Waals surface area contributed by atoms with E-state index < -0.39 is 23.5 Å². The van der Waals surface area contributed by atoms with Crippen molar-refractivity contribution in [1.82, 2.24) is 0 Å². The van der Waals surface area contributed by atoms with Gasteiger partial charge in [0, 0.05) is 11.3 Å². The number of amides is 2. The lowest BCUT2D eigenvalue weighted by Gasteiger charge is -2.42. The Morgan fingerprint density at radius 2 is 1.96 bits per heavy atom. The summed E-state index contributed by atoms with van der Waals surface area (Å²) >= 11 is 1.65. The molecule has 1 aromatic carbocycles. The molecule has 2 aromatic rings. The van der Waals surface area contributed by atoms with Gasteiger partial charge in [-0.2, -0.15) is 0 Å². The van der Waals surface area contributed by atoms with Crippen molar-refractivity contribution in [1.29, 1.82) is 0 Å². The second kappa shape index (κ2) is 8.14. The molecule has 0 bridgehead atoms. The zero-order valence-electron chi connectivity index (χ0n) is 16.2. The number of rotatable bonds is 6. The molecule has 28 heavy (non-hydrogen) atoms. The maximum atomic E-state index is 13.1. The smallest absolute Gasteiger partial charge is 0.306 e. The van der Waals surface area contributed by atoms with Crippen LogP contribution in [0.2, 0.25) is 0 Å². The maximum Gasteiger partial charge on any atom is 0.306 e. The van der Waals surface area contributed by atoms with E-state index in [-0.39, 0.29) is 12.3 Å². The van der Waals surface area contributed by atoms with Gasteiger partial charge in [0.15, 0.2) is 6.10 Å². The van der Waals surface area contributed by atoms with Crippen molar-refractivity contribution in [3.63, 3.8) is 0 Å². The number of anilines is 2. The van der Waals surface area contributed by atoms with Crippen molar-refractivity contribution in [2.24, 2.45) is 0 Å². The molecule has 148 valence electrons. The fourth-order valence-electron chi connectivity index (χ4n) is 3.20. The molecule has 3 rings (SSSR count). The molecule has 0 fully saturated rings. The highest BCUT2D eigenvalue weighted by molar-refractivity contribution is 7.09. The van der Waals surface area contributed by atoms with Crippen LogP contribution in [0.1, 0.15) is 38.5 Å². The molecule has 1 N–H and O–H groups in total. The minimum absolute atomic E-state index is 0.246. The first-order chi connectivity index (χ1) is 13.3. The predicted molar refractivity (Wildman–Crippen MR) is 109 cm³/mol. The van der Waals surface area contributed by atoms with Gasteiger partial charge in [0.2, 0.25) is 5.91 Å². The van der Waals surface area contributed by atoms with Gasteiger partial charge < -0.3 is 10.1 Å². The van der Waals surface area contributed by atoms with E-state index in [9.17, 15) is 14.4 Å². The molecular weight excluding hydrogens is 376 g/mol. The SMILES string of the molecule is C[C@@H](OC(=O)CCCc1cccs1)C(=O)N1c2ccccc2NC(=O)C1(C)C. The number of carbonyl (C=O) groups excluding carboxylic acids is 3. The zero-order valence-corrected chi connectivity index (χ0v) is 17.0. The number of carbonyl (C=O) groups is 3. The molecule has 1 aliphatic rings. The van der Waals surface area contributed by atoms with E-state index in [0.717, 1.165) is 6.42 Å². The summed E-state index contributed by atoms with van der Waals surface area (Å²) in [5.41, 5.74) is 0.0676. The van der Waals surface area contributed by atoms with Crippen LogP contribution >= 0.6 is 11.3 Å². The Kier molecular flexibility index (Phi) is 5.84. The number of nitrogens with zero attached hydrogens (tertiary/aromatic N) is 1. The molecule has 0 spiro atoms. The summed E-state index contributed by atoms with van der Waals surface area (Å²) in [7, 11) is 0. The minimum Gasteiger partial charge on any atom is -0.453 e. The topological polar surface area (TPSA) is 75.7 Å². The highest BCUT2D eigenvalue weighted by Gasteiger charge is 2.45. The van der Waals surface area contributed by atoms with Crippen LogP contribution in [0.3, 0.4) is 0 Å². The summed E-state index contributed by atoms with van der Waals surface area (Å²) in [6.45, 7) is 4.89. The van der Waals surface area contributed by atoms with Gasteiger partial charge in [0.25, 0.3) is 5.91 Å². The molecule has 2 heterocycles. The summed E-state index contributed by atoms with van der Waals surface area (Å²) in [6, 6.07) is 11.1. The first-order valence-corrected chi connectivity index (χ1v) is 10.1. The van der Waals surface area contributed by atoms with Gasteiger partial charge in [-0.1, -0.05) is 18.2 Å². The van der Waals surface area contributed by atoms with E-state index in [1.807, 2.05) is 17.5 Å². The summed E-state index contributed by atoms with van der Waals surface area (Å²) in [4.78, 5) is 40.4. The van der Waals surface area contributed by atoms with Crippen molar-refractivity contribution in [2.45, 2.75) is 51.7 Å². The second-order valence-electron chi connectivity index (χ2n) is 7.27. The monoisotopic (exact) mass is 400 g/mol. The third kappa shape index (κ3) is 4.09. The summed E-state index contributed by atoms with van der Waals surface area (Å²) in [6.07, 6.45) is 0.742. The Balaban J connectivity index is 1.66. The van der Waals surface area contributed by atoms with Crippen molar-refractivity contribution in [2.75, 3.05) is 10.2 Å². The number of aryl methyl sites for hydroxylation is 1. The van der Waals surface area contributed by atoms with Gasteiger partial charge in [-0.25, -0.2) is 0 Å². The molecule has 1 atom stereocenters. The average Bonchev–Trinajstić information content (AvgIpc) is 3.15. The maximum absolute atomic E-state index is 13.1. The van der Waals surface area contributed by atoms with Crippen LogP contribution in [0.4, 0.5) is 11.4 Å². The molecule has 0 saturated heterocycles. The Bertz CT molecular complexity index is 876. The van der Waals surface area contributed by atoms with Crippen LogP contribution in [0.5, 0.6) is 0 Å². The molecule has 0 saturated carbocycles. The average molecular weight is 401 g/mol. The predicted octanol–water partition coefficient (Wildman–Crippen LogP) is 3.77. The van der Waals surface area contributed by atoms with Crippen LogP contribution < -0.4 is 10.2 Å².